The number of nitrogens with one attached hydrogen (secondary N) is 1. The van der Waals surface area contributed by atoms with Gasteiger partial charge in [-0.2, -0.15) is 0 Å². The molecule has 2 heterocycles. The molecule has 2 aromatic heterocycles. The van der Waals surface area contributed by atoms with Gasteiger partial charge in [-0.05, 0) is 198 Å². The molecule has 494 valence electrons. The van der Waals surface area contributed by atoms with E-state index in [0.29, 0.717) is 0 Å². The largest absolute Gasteiger partial charge is 0.356 e. The second kappa shape index (κ2) is 28.2. The maximum absolute atomic E-state index is 3.68. The molecule has 19 aromatic rings. The smallest absolute Gasteiger partial charge is 0.103 e. The van der Waals surface area contributed by atoms with Crippen molar-refractivity contribution in [2.45, 2.75) is 0 Å². The number of hydrogen-bond donors (Lipinski definition) is 1. The van der Waals surface area contributed by atoms with Gasteiger partial charge in [0, 0.05) is 77.5 Å². The highest BCUT2D eigenvalue weighted by atomic mass is 79.9. The van der Waals surface area contributed by atoms with Crippen LogP contribution in [0.15, 0.2) is 411 Å². The highest BCUT2D eigenvalue weighted by Crippen LogP contribution is 2.49. The number of aromatic nitrogens is 2. The molecule has 4 nitrogen and oxygen atoms in total. The Hall–Kier alpha value is -13.4. The number of hydrogen-bond acceptors (Lipinski definition) is 2. The highest BCUT2D eigenvalue weighted by molar-refractivity contribution is 9.10. The van der Waals surface area contributed by atoms with Crippen molar-refractivity contribution in [1.82, 2.24) is 9.13 Å². The minimum absolute atomic E-state index is 1.09. The van der Waals surface area contributed by atoms with Gasteiger partial charge in [-0.1, -0.05) is 277 Å². The topological polar surface area (TPSA) is 25.1 Å². The molecule has 1 aliphatic rings. The van der Waals surface area contributed by atoms with Crippen LogP contribution in [-0.2, 0) is 0 Å². The van der Waals surface area contributed by atoms with Gasteiger partial charge in [0.25, 0.3) is 0 Å². The Morgan fingerprint density at radius 2 is 0.638 bits per heavy atom. The summed E-state index contributed by atoms with van der Waals surface area (Å²) in [4.78, 5) is 2.40. The van der Waals surface area contributed by atoms with Crippen LogP contribution in [0.25, 0.3) is 137 Å². The summed E-state index contributed by atoms with van der Waals surface area (Å²) in [5.74, 6) is 0. The summed E-state index contributed by atoms with van der Waals surface area (Å²) in [7, 11) is 0. The number of halogens is 1. The Bertz CT molecular complexity index is 6520. The number of nitrogens with zero attached hydrogens (tertiary/aromatic N) is 3. The number of anilines is 5. The lowest BCUT2D eigenvalue weighted by molar-refractivity contribution is 1.18. The fourth-order valence-electron chi connectivity index (χ4n) is 15.6. The first kappa shape index (κ1) is 63.7. The number of fused-ring (bicyclic) bond motifs is 10. The highest BCUT2D eigenvalue weighted by Gasteiger charge is 2.24. The molecule has 5 heteroatoms. The van der Waals surface area contributed by atoms with Crippen LogP contribution >= 0.6 is 15.9 Å². The third-order valence-electron chi connectivity index (χ3n) is 20.1. The van der Waals surface area contributed by atoms with Gasteiger partial charge < -0.3 is 19.4 Å². The van der Waals surface area contributed by atoms with Crippen LogP contribution in [0.2, 0.25) is 0 Å². The van der Waals surface area contributed by atoms with E-state index in [4.69, 9.17) is 0 Å². The fourth-order valence-corrected chi connectivity index (χ4v) is 16.0. The molecule has 0 radical (unpaired) electrons. The molecule has 0 unspecified atom stereocenters. The van der Waals surface area contributed by atoms with E-state index in [9.17, 15) is 0 Å². The van der Waals surface area contributed by atoms with Crippen LogP contribution in [0, 0.1) is 6.08 Å². The van der Waals surface area contributed by atoms with E-state index in [-0.39, 0.29) is 0 Å². The molecule has 0 bridgehead atoms. The maximum atomic E-state index is 3.68. The first-order valence-corrected chi connectivity index (χ1v) is 36.5. The molecule has 105 heavy (non-hydrogen) atoms. The SMILES string of the molecule is Brc1ccc2c(-c3ccccc3)c3ccccc3c(C3=CC=[C+]C=C3)c2c1.c1ccc(-c2c3ccccc3c(-c3ccccc3)c3cc(N(c4ccccc4)c4ccc5c(c4)c4ccccc4n5-c4ccccc4)ccc23)cc1.c1ccc(Nc2ccc3c(c2)c2ccccc2n3-c2ccccc2)cc1. The molecule has 0 fully saturated rings. The standard InChI is InChI=1S/C50H34N2.C26H16Br.C24H18N2/c1-5-17-35(18-6-1)49-42-26-13-14-27-43(42)50(36-19-7-2-8-20-36)46-34-39(29-31-44(46)49)51(37-21-9-3-10-22-37)40-30-32-48-45(33-40)41-25-15-16-28-47(41)52(48)38-23-11-4-12-24-38;27-20-15-16-23-24(17-20)26(19-11-5-2-6-12-19)22-14-8-7-13-21(22)25(23)18-9-3-1-4-10-18;1-3-9-18(10-4-1)25-19-15-16-24-22(17-19)21-13-7-8-14-23(21)26(24)20-11-5-2-6-12-20/h1-34H;1,3-17H;1-17,25H/q;+1;. The van der Waals surface area contributed by atoms with Crippen LogP contribution in [-0.4, -0.2) is 9.13 Å². The van der Waals surface area contributed by atoms with Gasteiger partial charge in [-0.15, -0.1) is 0 Å². The zero-order valence-electron chi connectivity index (χ0n) is 57.4. The second-order valence-electron chi connectivity index (χ2n) is 26.4. The van der Waals surface area contributed by atoms with Crippen molar-refractivity contribution in [2.75, 3.05) is 10.2 Å². The van der Waals surface area contributed by atoms with Gasteiger partial charge >= 0.3 is 0 Å². The van der Waals surface area contributed by atoms with E-state index in [0.717, 1.165) is 38.6 Å². The van der Waals surface area contributed by atoms with Crippen molar-refractivity contribution in [3.05, 3.63) is 423 Å². The van der Waals surface area contributed by atoms with Gasteiger partial charge in [-0.3, -0.25) is 0 Å². The monoisotopic (exact) mass is 1400 g/mol. The summed E-state index contributed by atoms with van der Waals surface area (Å²) in [6.07, 6.45) is 11.4. The Balaban J connectivity index is 0.000000124. The minimum Gasteiger partial charge on any atom is -0.356 e. The quantitative estimate of drug-likeness (QED) is 0.103. The van der Waals surface area contributed by atoms with Crippen LogP contribution < -0.4 is 10.2 Å². The summed E-state index contributed by atoms with van der Waals surface area (Å²) in [6.45, 7) is 0. The summed E-state index contributed by atoms with van der Waals surface area (Å²) in [6, 6.07) is 137. The molecule has 1 aliphatic carbocycles. The summed E-state index contributed by atoms with van der Waals surface area (Å²) in [5, 5.41) is 18.5. The molecular formula is C100H68BrN4+. The number of benzene rings is 17. The van der Waals surface area contributed by atoms with Crippen molar-refractivity contribution < 1.29 is 0 Å². The Morgan fingerprint density at radius 3 is 1.14 bits per heavy atom. The van der Waals surface area contributed by atoms with Crippen LogP contribution in [0.5, 0.6) is 0 Å². The average Bonchev–Trinajstić information content (AvgIpc) is 1.50. The van der Waals surface area contributed by atoms with Crippen LogP contribution in [0.4, 0.5) is 28.4 Å². The molecule has 0 saturated heterocycles. The van der Waals surface area contributed by atoms with E-state index < -0.39 is 0 Å². The summed E-state index contributed by atoms with van der Waals surface area (Å²) >= 11 is 3.68. The van der Waals surface area contributed by atoms with Crippen molar-refractivity contribution >= 4 is 137 Å². The molecule has 0 spiro atoms. The normalized spacial score (nSPS) is 11.8. The lowest BCUT2D eigenvalue weighted by Gasteiger charge is -2.27. The van der Waals surface area contributed by atoms with Gasteiger partial charge in [0.1, 0.15) is 12.2 Å². The van der Waals surface area contributed by atoms with Crippen LogP contribution in [0.3, 0.4) is 0 Å². The van der Waals surface area contributed by atoms with Crippen molar-refractivity contribution in [3.8, 4) is 44.8 Å². The third-order valence-corrected chi connectivity index (χ3v) is 20.6. The van der Waals surface area contributed by atoms with Gasteiger partial charge in [-0.25, -0.2) is 0 Å². The molecule has 20 rings (SSSR count). The van der Waals surface area contributed by atoms with Gasteiger partial charge in [0.15, 0.2) is 0 Å². The number of allylic oxidation sites excluding steroid dienone is 6. The second-order valence-corrected chi connectivity index (χ2v) is 27.3. The summed E-state index contributed by atoms with van der Waals surface area (Å²) < 4.78 is 5.80. The zero-order chi connectivity index (χ0) is 70.0. The van der Waals surface area contributed by atoms with E-state index >= 15 is 0 Å². The summed E-state index contributed by atoms with van der Waals surface area (Å²) in [5.41, 5.74) is 22.7. The van der Waals surface area contributed by atoms with Crippen molar-refractivity contribution in [2.24, 2.45) is 0 Å². The number of rotatable bonds is 11. The Morgan fingerprint density at radius 1 is 0.267 bits per heavy atom. The van der Waals surface area contributed by atoms with E-state index in [1.807, 2.05) is 30.4 Å². The first-order chi connectivity index (χ1) is 52.1. The molecule has 0 amide bonds. The lowest BCUT2D eigenvalue weighted by atomic mass is 9.85. The van der Waals surface area contributed by atoms with Crippen LogP contribution in [0.1, 0.15) is 5.56 Å². The first-order valence-electron chi connectivity index (χ1n) is 35.7. The predicted molar refractivity (Wildman–Crippen MR) is 451 cm³/mol. The Labute approximate surface area is 619 Å². The van der Waals surface area contributed by atoms with Gasteiger partial charge in [0.05, 0.1) is 39.8 Å². The molecule has 0 atom stereocenters. The van der Waals surface area contributed by atoms with E-state index in [2.05, 4.69) is 417 Å². The maximum Gasteiger partial charge on any atom is 0.103 e. The third kappa shape index (κ3) is 12.1. The van der Waals surface area contributed by atoms with E-state index in [1.165, 1.54) is 137 Å². The lowest BCUT2D eigenvalue weighted by Crippen LogP contribution is -2.10. The molecule has 17 aromatic carbocycles. The van der Waals surface area contributed by atoms with Gasteiger partial charge in [0.2, 0.25) is 0 Å². The predicted octanol–water partition coefficient (Wildman–Crippen LogP) is 28.2. The average molecular weight is 1410 g/mol. The molecule has 0 saturated carbocycles. The van der Waals surface area contributed by atoms with E-state index in [1.54, 1.807) is 0 Å². The molecule has 1 N–H and O–H groups in total. The van der Waals surface area contributed by atoms with Crippen molar-refractivity contribution in [1.29, 1.82) is 0 Å². The fraction of sp³-hybridized carbons (Fsp3) is 0. The van der Waals surface area contributed by atoms with Crippen molar-refractivity contribution in [3.63, 3.8) is 0 Å². The molecule has 0 aliphatic heterocycles. The minimum atomic E-state index is 1.09. The molecular weight excluding hydrogens is 1340 g/mol. The number of para-hydroxylation sites is 6. The zero-order valence-corrected chi connectivity index (χ0v) is 59.0. The Kier molecular flexibility index (Phi) is 17.1.